The molecule has 1 N–H and O–H groups in total. The van der Waals surface area contributed by atoms with Gasteiger partial charge < -0.3 is 10.1 Å². The summed E-state index contributed by atoms with van der Waals surface area (Å²) in [6.07, 6.45) is 2.89. The maximum absolute atomic E-state index is 13.0. The summed E-state index contributed by atoms with van der Waals surface area (Å²) < 4.78 is 17.6. The second-order valence-corrected chi connectivity index (χ2v) is 4.79. The molecular formula is C18H16FNO3. The summed E-state index contributed by atoms with van der Waals surface area (Å²) in [4.78, 5) is 23.0. The highest BCUT2D eigenvalue weighted by Crippen LogP contribution is 2.07. The molecule has 0 aliphatic rings. The van der Waals surface area contributed by atoms with Crippen molar-refractivity contribution in [3.8, 4) is 0 Å². The fraction of sp³-hybridized carbons (Fsp3) is 0.111. The van der Waals surface area contributed by atoms with Gasteiger partial charge in [-0.2, -0.15) is 0 Å². The minimum atomic E-state index is -0.404. The predicted octanol–water partition coefficient (Wildman–Crippen LogP) is 2.94. The molecule has 0 aliphatic heterocycles. The minimum Gasteiger partial charge on any atom is -0.465 e. The summed E-state index contributed by atoms with van der Waals surface area (Å²) in [5, 5.41) is 2.71. The van der Waals surface area contributed by atoms with E-state index in [-0.39, 0.29) is 11.7 Å². The molecule has 4 nitrogen and oxygen atoms in total. The topological polar surface area (TPSA) is 55.4 Å². The number of halogens is 1. The average molecular weight is 313 g/mol. The Bertz CT molecular complexity index is 723. The molecule has 0 spiro atoms. The lowest BCUT2D eigenvalue weighted by Crippen LogP contribution is -2.20. The number of carbonyl (C=O) groups is 2. The number of ether oxygens (including phenoxy) is 1. The Kier molecular flexibility index (Phi) is 5.63. The van der Waals surface area contributed by atoms with E-state index in [2.05, 4.69) is 10.1 Å². The number of carbonyl (C=O) groups excluding carboxylic acids is 2. The summed E-state index contributed by atoms with van der Waals surface area (Å²) in [6, 6.07) is 12.7. The number of benzene rings is 2. The van der Waals surface area contributed by atoms with Gasteiger partial charge in [0, 0.05) is 12.6 Å². The largest absolute Gasteiger partial charge is 0.465 e. The number of nitrogens with one attached hydrogen (secondary N) is 1. The molecule has 0 radical (unpaired) electrons. The van der Waals surface area contributed by atoms with Gasteiger partial charge >= 0.3 is 5.97 Å². The van der Waals surface area contributed by atoms with Crippen LogP contribution in [0.4, 0.5) is 4.39 Å². The van der Waals surface area contributed by atoms with Crippen molar-refractivity contribution in [3.63, 3.8) is 0 Å². The van der Waals surface area contributed by atoms with Gasteiger partial charge in [-0.1, -0.05) is 24.3 Å². The van der Waals surface area contributed by atoms with Crippen molar-refractivity contribution in [1.82, 2.24) is 5.32 Å². The van der Waals surface area contributed by atoms with Crippen molar-refractivity contribution < 1.29 is 18.7 Å². The van der Waals surface area contributed by atoms with Crippen molar-refractivity contribution in [2.75, 3.05) is 7.11 Å². The molecule has 0 heterocycles. The third kappa shape index (κ3) is 5.07. The quantitative estimate of drug-likeness (QED) is 0.682. The molecule has 0 bridgehead atoms. The molecule has 5 heteroatoms. The number of methoxy groups -OCH3 is 1. The van der Waals surface area contributed by atoms with Crippen molar-refractivity contribution in [3.05, 3.63) is 77.1 Å². The van der Waals surface area contributed by atoms with Crippen LogP contribution < -0.4 is 5.32 Å². The number of esters is 1. The third-order valence-electron chi connectivity index (χ3n) is 3.12. The molecule has 0 aliphatic carbocycles. The molecule has 2 aromatic carbocycles. The highest BCUT2D eigenvalue weighted by molar-refractivity contribution is 5.91. The van der Waals surface area contributed by atoms with Crippen LogP contribution in [0.1, 0.15) is 21.5 Å². The van der Waals surface area contributed by atoms with E-state index in [9.17, 15) is 14.0 Å². The van der Waals surface area contributed by atoms with Gasteiger partial charge in [-0.3, -0.25) is 4.79 Å². The van der Waals surface area contributed by atoms with Crippen LogP contribution in [0.15, 0.2) is 54.6 Å². The molecule has 0 aromatic heterocycles. The maximum Gasteiger partial charge on any atom is 0.337 e. The Morgan fingerprint density at radius 2 is 1.91 bits per heavy atom. The second kappa shape index (κ2) is 7.89. The lowest BCUT2D eigenvalue weighted by Gasteiger charge is -2.04. The average Bonchev–Trinajstić information content (AvgIpc) is 2.58. The maximum atomic E-state index is 13.0. The summed E-state index contributed by atoms with van der Waals surface area (Å²) >= 11 is 0. The Morgan fingerprint density at radius 1 is 1.17 bits per heavy atom. The molecule has 0 fully saturated rings. The first-order valence-corrected chi connectivity index (χ1v) is 6.97. The smallest absolute Gasteiger partial charge is 0.337 e. The van der Waals surface area contributed by atoms with Crippen LogP contribution in [-0.2, 0) is 16.1 Å². The van der Waals surface area contributed by atoms with Crippen LogP contribution in [-0.4, -0.2) is 19.0 Å². The van der Waals surface area contributed by atoms with Gasteiger partial charge in [0.15, 0.2) is 0 Å². The number of hydrogen-bond donors (Lipinski definition) is 1. The van der Waals surface area contributed by atoms with Gasteiger partial charge in [0.2, 0.25) is 5.91 Å². The van der Waals surface area contributed by atoms with Crippen molar-refractivity contribution in [2.24, 2.45) is 0 Å². The highest BCUT2D eigenvalue weighted by atomic mass is 19.1. The molecular weight excluding hydrogens is 297 g/mol. The molecule has 0 saturated carbocycles. The molecule has 1 amide bonds. The van der Waals surface area contributed by atoms with Crippen LogP contribution in [0.3, 0.4) is 0 Å². The van der Waals surface area contributed by atoms with Gasteiger partial charge in [-0.15, -0.1) is 0 Å². The molecule has 0 unspecified atom stereocenters. The lowest BCUT2D eigenvalue weighted by molar-refractivity contribution is -0.116. The van der Waals surface area contributed by atoms with Gasteiger partial charge in [-0.25, -0.2) is 9.18 Å². The minimum absolute atomic E-state index is 0.286. The normalized spacial score (nSPS) is 10.5. The van der Waals surface area contributed by atoms with Crippen LogP contribution in [0.2, 0.25) is 0 Å². The van der Waals surface area contributed by atoms with Crippen molar-refractivity contribution >= 4 is 18.0 Å². The predicted molar refractivity (Wildman–Crippen MR) is 85.1 cm³/mol. The fourth-order valence-corrected chi connectivity index (χ4v) is 1.91. The zero-order valence-corrected chi connectivity index (χ0v) is 12.6. The SMILES string of the molecule is COC(=O)c1ccc(CNC(=O)/C=C/c2cccc(F)c2)cc1. The van der Waals surface area contributed by atoms with E-state index in [1.807, 2.05) is 0 Å². The summed E-state index contributed by atoms with van der Waals surface area (Å²) in [5.41, 5.74) is 1.92. The Morgan fingerprint density at radius 3 is 2.57 bits per heavy atom. The second-order valence-electron chi connectivity index (χ2n) is 4.79. The van der Waals surface area contributed by atoms with E-state index in [0.717, 1.165) is 5.56 Å². The first-order chi connectivity index (χ1) is 11.1. The Labute approximate surface area is 133 Å². The van der Waals surface area contributed by atoms with Crippen LogP contribution in [0, 0.1) is 5.82 Å². The fourth-order valence-electron chi connectivity index (χ4n) is 1.91. The van der Waals surface area contributed by atoms with Gasteiger partial charge in [0.1, 0.15) is 5.82 Å². The van der Waals surface area contributed by atoms with Gasteiger partial charge in [0.05, 0.1) is 12.7 Å². The van der Waals surface area contributed by atoms with E-state index in [4.69, 9.17) is 0 Å². The number of hydrogen-bond acceptors (Lipinski definition) is 3. The van der Waals surface area contributed by atoms with E-state index < -0.39 is 5.97 Å². The van der Waals surface area contributed by atoms with E-state index in [1.165, 1.54) is 25.3 Å². The van der Waals surface area contributed by atoms with Crippen molar-refractivity contribution in [1.29, 1.82) is 0 Å². The summed E-state index contributed by atoms with van der Waals surface area (Å²) in [6.45, 7) is 0.327. The lowest BCUT2D eigenvalue weighted by atomic mass is 10.1. The highest BCUT2D eigenvalue weighted by Gasteiger charge is 2.04. The Balaban J connectivity index is 1.88. The monoisotopic (exact) mass is 313 g/mol. The standard InChI is InChI=1S/C18H16FNO3/c1-23-18(22)15-8-5-14(6-9-15)12-20-17(21)10-7-13-3-2-4-16(19)11-13/h2-11H,12H2,1H3,(H,20,21)/b10-7+. The molecule has 23 heavy (non-hydrogen) atoms. The number of amides is 1. The van der Waals surface area contributed by atoms with Crippen LogP contribution >= 0.6 is 0 Å². The molecule has 2 rings (SSSR count). The summed E-state index contributed by atoms with van der Waals surface area (Å²) in [5.74, 6) is -1.04. The molecule has 2 aromatic rings. The van der Waals surface area contributed by atoms with Crippen LogP contribution in [0.5, 0.6) is 0 Å². The summed E-state index contributed by atoms with van der Waals surface area (Å²) in [7, 11) is 1.32. The zero-order valence-electron chi connectivity index (χ0n) is 12.6. The van der Waals surface area contributed by atoms with E-state index >= 15 is 0 Å². The van der Waals surface area contributed by atoms with Gasteiger partial charge in [0.25, 0.3) is 0 Å². The molecule has 0 saturated heterocycles. The third-order valence-corrected chi connectivity index (χ3v) is 3.12. The molecule has 118 valence electrons. The first-order valence-electron chi connectivity index (χ1n) is 6.97. The Hall–Kier alpha value is -2.95. The number of rotatable bonds is 5. The van der Waals surface area contributed by atoms with E-state index in [1.54, 1.807) is 42.5 Å². The first kappa shape index (κ1) is 16.4. The van der Waals surface area contributed by atoms with E-state index in [0.29, 0.717) is 17.7 Å². The van der Waals surface area contributed by atoms with Crippen LogP contribution in [0.25, 0.3) is 6.08 Å². The van der Waals surface area contributed by atoms with Gasteiger partial charge in [-0.05, 0) is 41.5 Å². The van der Waals surface area contributed by atoms with Crippen molar-refractivity contribution in [2.45, 2.75) is 6.54 Å². The molecule has 0 atom stereocenters. The zero-order chi connectivity index (χ0) is 16.7.